The Hall–Kier alpha value is -2.62. The Kier molecular flexibility index (Phi) is 8.08. The van der Waals surface area contributed by atoms with Gasteiger partial charge in [-0.05, 0) is 76.0 Å². The Labute approximate surface area is 249 Å². The number of aliphatic imine (C=N–C) groups is 2. The Morgan fingerprint density at radius 3 is 1.15 bits per heavy atom. The summed E-state index contributed by atoms with van der Waals surface area (Å²) in [6.45, 7) is 26.2. The molecule has 0 aromatic heterocycles. The number of benzene rings is 2. The maximum atomic E-state index is 11.2. The van der Waals surface area contributed by atoms with Crippen LogP contribution in [-0.2, 0) is 21.7 Å². The smallest absolute Gasteiger partial charge is 0.128 e. The first kappa shape index (κ1) is 31.3. The van der Waals surface area contributed by atoms with E-state index in [1.54, 1.807) is 0 Å². The first-order chi connectivity index (χ1) is 18.7. The van der Waals surface area contributed by atoms with Crippen molar-refractivity contribution in [3.63, 3.8) is 0 Å². The highest BCUT2D eigenvalue weighted by molar-refractivity contribution is 5.86. The van der Waals surface area contributed by atoms with Gasteiger partial charge in [0.1, 0.15) is 11.5 Å². The molecule has 0 amide bonds. The number of phenolic OH excluding ortho intramolecular Hbond substituents is 2. The van der Waals surface area contributed by atoms with Crippen molar-refractivity contribution in [2.24, 2.45) is 21.8 Å². The molecule has 0 heterocycles. The Bertz CT molecular complexity index is 1240. The zero-order chi connectivity index (χ0) is 30.7. The first-order valence-electron chi connectivity index (χ1n) is 15.5. The van der Waals surface area contributed by atoms with Crippen LogP contribution in [-0.4, -0.2) is 34.7 Å². The summed E-state index contributed by atoms with van der Waals surface area (Å²) in [7, 11) is 0. The lowest BCUT2D eigenvalue weighted by Gasteiger charge is -2.27. The van der Waals surface area contributed by atoms with Crippen LogP contribution in [0.1, 0.15) is 136 Å². The van der Waals surface area contributed by atoms with Gasteiger partial charge in [0.2, 0.25) is 0 Å². The SMILES string of the molecule is CC(C)(C)c1cc(C=NC2C[C@H]3CC2CC3N=Cc2cc(C(C)(C)C)cc(C(C)(C)C)c2O)c(O)c(C(C)(C)C)c1. The monoisotopic (exact) mass is 558 g/mol. The first-order valence-corrected chi connectivity index (χ1v) is 15.5. The Balaban J connectivity index is 1.54. The molecule has 0 saturated heterocycles. The molecule has 2 bridgehead atoms. The van der Waals surface area contributed by atoms with E-state index >= 15 is 0 Å². The Morgan fingerprint density at radius 2 is 0.878 bits per heavy atom. The molecule has 4 heteroatoms. The van der Waals surface area contributed by atoms with Gasteiger partial charge in [0, 0.05) is 34.7 Å². The molecule has 2 N–H and O–H groups in total. The number of nitrogens with zero attached hydrogens (tertiary/aromatic N) is 2. The van der Waals surface area contributed by atoms with Gasteiger partial charge in [-0.15, -0.1) is 0 Å². The second kappa shape index (κ2) is 10.6. The number of rotatable bonds is 4. The van der Waals surface area contributed by atoms with Crippen molar-refractivity contribution in [3.8, 4) is 11.5 Å². The second-order valence-corrected chi connectivity index (χ2v) is 16.8. The molecule has 2 aliphatic carbocycles. The molecule has 2 aliphatic rings. The minimum Gasteiger partial charge on any atom is -0.507 e. The molecule has 2 aromatic carbocycles. The van der Waals surface area contributed by atoms with Crippen molar-refractivity contribution in [2.75, 3.05) is 0 Å². The average Bonchev–Trinajstić information content (AvgIpc) is 3.40. The molecule has 4 nitrogen and oxygen atoms in total. The van der Waals surface area contributed by atoms with E-state index < -0.39 is 0 Å². The van der Waals surface area contributed by atoms with Crippen molar-refractivity contribution in [2.45, 2.75) is 136 Å². The molecule has 0 aliphatic heterocycles. The lowest BCUT2D eigenvalue weighted by molar-refractivity contribution is 0.379. The topological polar surface area (TPSA) is 65.2 Å². The normalized spacial score (nSPS) is 23.8. The summed E-state index contributed by atoms with van der Waals surface area (Å²) in [6, 6.07) is 9.08. The molecule has 0 spiro atoms. The molecule has 224 valence electrons. The number of fused-ring (bicyclic) bond motifs is 2. The van der Waals surface area contributed by atoms with E-state index in [1.807, 2.05) is 12.4 Å². The van der Waals surface area contributed by atoms with Crippen LogP contribution in [0.25, 0.3) is 0 Å². The summed E-state index contributed by atoms with van der Waals surface area (Å²) in [5.41, 5.74) is 5.71. The predicted molar refractivity (Wildman–Crippen MR) is 175 cm³/mol. The van der Waals surface area contributed by atoms with Crippen molar-refractivity contribution in [3.05, 3.63) is 57.6 Å². The van der Waals surface area contributed by atoms with Gasteiger partial charge in [0.25, 0.3) is 0 Å². The molecule has 2 saturated carbocycles. The van der Waals surface area contributed by atoms with Gasteiger partial charge >= 0.3 is 0 Å². The summed E-state index contributed by atoms with van der Waals surface area (Å²) in [6.07, 6.45) is 7.04. The van der Waals surface area contributed by atoms with Crippen molar-refractivity contribution < 1.29 is 10.2 Å². The van der Waals surface area contributed by atoms with Crippen LogP contribution in [0.2, 0.25) is 0 Å². The highest BCUT2D eigenvalue weighted by atomic mass is 16.3. The highest BCUT2D eigenvalue weighted by Gasteiger charge is 2.45. The largest absolute Gasteiger partial charge is 0.507 e. The minimum atomic E-state index is -0.153. The van der Waals surface area contributed by atoms with Crippen LogP contribution in [0, 0.1) is 11.8 Å². The van der Waals surface area contributed by atoms with Gasteiger partial charge in [-0.3, -0.25) is 9.98 Å². The standard InChI is InChI=1S/C37H54N2O2/c1-34(2,3)26-14-24(32(40)28(18-26)36(7,8)9)20-38-30-16-23-13-22(30)17-31(23)39-21-25-15-27(35(4,5)6)19-29(33(25)41)37(10,11)12/h14-15,18-23,30-31,40-41H,13,16-17H2,1-12H3/t22-,23?,30?,31?/m1/s1. The van der Waals surface area contributed by atoms with Gasteiger partial charge in [-0.25, -0.2) is 0 Å². The second-order valence-electron chi connectivity index (χ2n) is 16.8. The van der Waals surface area contributed by atoms with E-state index in [9.17, 15) is 10.2 Å². The van der Waals surface area contributed by atoms with Gasteiger partial charge in [0.15, 0.2) is 0 Å². The number of hydrogen-bond acceptors (Lipinski definition) is 4. The minimum absolute atomic E-state index is 0.0115. The third-order valence-electron chi connectivity index (χ3n) is 9.22. The maximum Gasteiger partial charge on any atom is 0.128 e. The lowest BCUT2D eigenvalue weighted by Crippen LogP contribution is -2.23. The van der Waals surface area contributed by atoms with Crippen LogP contribution >= 0.6 is 0 Å². The molecule has 2 fully saturated rings. The summed E-state index contributed by atoms with van der Waals surface area (Å²) in [5.74, 6) is 1.72. The summed E-state index contributed by atoms with van der Waals surface area (Å²) in [4.78, 5) is 10.1. The number of hydrogen-bond donors (Lipinski definition) is 2. The van der Waals surface area contributed by atoms with Gasteiger partial charge in [-0.2, -0.15) is 0 Å². The molecular weight excluding hydrogens is 504 g/mol. The molecular formula is C37H54N2O2. The van der Waals surface area contributed by atoms with E-state index in [1.165, 1.54) is 11.1 Å². The van der Waals surface area contributed by atoms with E-state index in [2.05, 4.69) is 107 Å². The van der Waals surface area contributed by atoms with Crippen LogP contribution in [0.4, 0.5) is 0 Å². The third kappa shape index (κ3) is 6.73. The van der Waals surface area contributed by atoms with Gasteiger partial charge < -0.3 is 10.2 Å². The molecule has 41 heavy (non-hydrogen) atoms. The van der Waals surface area contributed by atoms with E-state index in [0.29, 0.717) is 23.3 Å². The van der Waals surface area contributed by atoms with Crippen molar-refractivity contribution >= 4 is 12.4 Å². The predicted octanol–water partition coefficient (Wildman–Crippen LogP) is 8.99. The highest BCUT2D eigenvalue weighted by Crippen LogP contribution is 2.48. The van der Waals surface area contributed by atoms with Crippen LogP contribution < -0.4 is 0 Å². The van der Waals surface area contributed by atoms with Crippen LogP contribution in [0.5, 0.6) is 11.5 Å². The zero-order valence-electron chi connectivity index (χ0n) is 27.7. The quantitative estimate of drug-likeness (QED) is 0.368. The van der Waals surface area contributed by atoms with Crippen LogP contribution in [0.3, 0.4) is 0 Å². The lowest BCUT2D eigenvalue weighted by atomic mass is 9.79. The van der Waals surface area contributed by atoms with Crippen LogP contribution in [0.15, 0.2) is 34.3 Å². The van der Waals surface area contributed by atoms with E-state index in [4.69, 9.17) is 9.98 Å². The van der Waals surface area contributed by atoms with Crippen molar-refractivity contribution in [1.29, 1.82) is 0 Å². The molecule has 0 radical (unpaired) electrons. The maximum absolute atomic E-state index is 11.2. The van der Waals surface area contributed by atoms with Gasteiger partial charge in [-0.1, -0.05) is 95.2 Å². The fourth-order valence-electron chi connectivity index (χ4n) is 6.45. The number of aromatic hydroxyl groups is 2. The average molecular weight is 559 g/mol. The fourth-order valence-corrected chi connectivity index (χ4v) is 6.45. The Morgan fingerprint density at radius 1 is 0.537 bits per heavy atom. The molecule has 4 atom stereocenters. The molecule has 3 unspecified atom stereocenters. The number of phenols is 2. The van der Waals surface area contributed by atoms with E-state index in [-0.39, 0.29) is 33.7 Å². The van der Waals surface area contributed by atoms with Crippen molar-refractivity contribution in [1.82, 2.24) is 0 Å². The zero-order valence-corrected chi connectivity index (χ0v) is 27.7. The summed E-state index contributed by atoms with van der Waals surface area (Å²) >= 11 is 0. The summed E-state index contributed by atoms with van der Waals surface area (Å²) in [5, 5.41) is 22.3. The van der Waals surface area contributed by atoms with Gasteiger partial charge in [0.05, 0.1) is 12.1 Å². The fraction of sp³-hybridized carbons (Fsp3) is 0.622. The molecule has 2 aromatic rings. The third-order valence-corrected chi connectivity index (χ3v) is 9.22. The van der Waals surface area contributed by atoms with E-state index in [0.717, 1.165) is 41.5 Å². The summed E-state index contributed by atoms with van der Waals surface area (Å²) < 4.78 is 0. The molecule has 4 rings (SSSR count).